The first-order valence-corrected chi connectivity index (χ1v) is 10.0. The van der Waals surface area contributed by atoms with Gasteiger partial charge in [0.05, 0.1) is 12.6 Å². The van der Waals surface area contributed by atoms with E-state index in [2.05, 4.69) is 12.2 Å². The van der Waals surface area contributed by atoms with E-state index in [9.17, 15) is 20.1 Å². The lowest BCUT2D eigenvalue weighted by molar-refractivity contribution is -0.263. The summed E-state index contributed by atoms with van der Waals surface area (Å²) in [5.41, 5.74) is 0. The molecule has 1 fully saturated rings. The van der Waals surface area contributed by atoms with Crippen molar-refractivity contribution in [1.82, 2.24) is 5.32 Å². The summed E-state index contributed by atoms with van der Waals surface area (Å²) in [7, 11) is 1.59. The first kappa shape index (κ1) is 23.3. The van der Waals surface area contributed by atoms with Gasteiger partial charge in [0.25, 0.3) is 0 Å². The summed E-state index contributed by atoms with van der Waals surface area (Å²) in [6, 6.07) is -0.736. The Bertz CT molecular complexity index is 381. The Morgan fingerprint density at radius 3 is 2.12 bits per heavy atom. The van der Waals surface area contributed by atoms with Crippen LogP contribution in [0, 0.1) is 0 Å². The smallest absolute Gasteiger partial charge is 0.308 e. The van der Waals surface area contributed by atoms with Crippen LogP contribution in [0.5, 0.6) is 0 Å². The topological polar surface area (TPSA) is 108 Å². The monoisotopic (exact) mass is 375 g/mol. The third-order valence-electron chi connectivity index (χ3n) is 4.95. The van der Waals surface area contributed by atoms with Gasteiger partial charge in [-0.3, -0.25) is 4.79 Å². The number of aliphatic hydroxyl groups is 3. The summed E-state index contributed by atoms with van der Waals surface area (Å²) in [5, 5.41) is 32.0. The van der Waals surface area contributed by atoms with Crippen LogP contribution in [0.2, 0.25) is 0 Å². The summed E-state index contributed by atoms with van der Waals surface area (Å²) < 4.78 is 10.7. The number of ether oxygens (including phenoxy) is 2. The number of carbonyl (C=O) groups excluding carboxylic acids is 1. The van der Waals surface area contributed by atoms with Crippen molar-refractivity contribution in [3.63, 3.8) is 0 Å². The predicted octanol–water partition coefficient (Wildman–Crippen LogP) is 1.48. The van der Waals surface area contributed by atoms with Gasteiger partial charge in [-0.2, -0.15) is 0 Å². The Labute approximate surface area is 157 Å². The first-order valence-electron chi connectivity index (χ1n) is 10.0. The van der Waals surface area contributed by atoms with Crippen LogP contribution in [0.1, 0.15) is 71.1 Å². The average Bonchev–Trinajstić information content (AvgIpc) is 2.63. The number of esters is 1. The number of rotatable bonds is 13. The zero-order chi connectivity index (χ0) is 19.4. The number of nitrogens with one attached hydrogen (secondary N) is 1. The molecular weight excluding hydrogens is 338 g/mol. The third kappa shape index (κ3) is 7.88. The minimum Gasteiger partial charge on any atom is -0.434 e. The SMILES string of the molecule is CCCCCCCCCCCC(=O)OC1O[C@H](CO)[C@@H](O)[C@H](O)[C@H]1NC. The highest BCUT2D eigenvalue weighted by Crippen LogP contribution is 2.22. The normalized spacial score (nSPS) is 28.9. The number of hydrogen-bond acceptors (Lipinski definition) is 7. The van der Waals surface area contributed by atoms with Gasteiger partial charge < -0.3 is 30.1 Å². The molecule has 0 saturated carbocycles. The second-order valence-electron chi connectivity index (χ2n) is 7.09. The summed E-state index contributed by atoms with van der Waals surface area (Å²) in [5.74, 6) is -0.390. The van der Waals surface area contributed by atoms with Crippen molar-refractivity contribution in [2.45, 2.75) is 102 Å². The molecule has 0 aromatic rings. The summed E-state index contributed by atoms with van der Waals surface area (Å²) in [6.07, 6.45) is 6.40. The molecule has 0 aromatic carbocycles. The van der Waals surface area contributed by atoms with Crippen LogP contribution in [0.3, 0.4) is 0 Å². The van der Waals surface area contributed by atoms with Crippen molar-refractivity contribution in [3.8, 4) is 0 Å². The van der Waals surface area contributed by atoms with E-state index >= 15 is 0 Å². The molecule has 0 aromatic heterocycles. The number of aliphatic hydroxyl groups excluding tert-OH is 3. The van der Waals surface area contributed by atoms with Gasteiger partial charge >= 0.3 is 5.97 Å². The standard InChI is InChI=1S/C19H37NO6/c1-3-4-5-6-7-8-9-10-11-12-15(22)26-19-16(20-2)18(24)17(23)14(13-21)25-19/h14,16-21,23-24H,3-13H2,1-2H3/t14-,16-,17-,18-,19?/m1/s1. The molecule has 0 amide bonds. The molecule has 0 radical (unpaired) electrons. The van der Waals surface area contributed by atoms with Gasteiger partial charge in [0.2, 0.25) is 6.29 Å². The molecule has 1 saturated heterocycles. The van der Waals surface area contributed by atoms with Crippen molar-refractivity contribution >= 4 is 5.97 Å². The van der Waals surface area contributed by atoms with Crippen LogP contribution in [-0.4, -0.2) is 65.6 Å². The Kier molecular flexibility index (Phi) is 12.0. The van der Waals surface area contributed by atoms with E-state index in [4.69, 9.17) is 9.47 Å². The van der Waals surface area contributed by atoms with Gasteiger partial charge in [0, 0.05) is 6.42 Å². The van der Waals surface area contributed by atoms with Gasteiger partial charge in [-0.1, -0.05) is 58.3 Å². The van der Waals surface area contributed by atoms with E-state index in [1.165, 1.54) is 38.5 Å². The van der Waals surface area contributed by atoms with E-state index in [1.54, 1.807) is 7.05 Å². The van der Waals surface area contributed by atoms with Crippen LogP contribution < -0.4 is 5.32 Å². The molecule has 1 heterocycles. The molecule has 154 valence electrons. The van der Waals surface area contributed by atoms with E-state index < -0.39 is 43.2 Å². The molecule has 4 N–H and O–H groups in total. The summed E-state index contributed by atoms with van der Waals surface area (Å²) >= 11 is 0. The Morgan fingerprint density at radius 1 is 1.00 bits per heavy atom. The molecule has 0 bridgehead atoms. The highest BCUT2D eigenvalue weighted by Gasteiger charge is 2.45. The zero-order valence-corrected chi connectivity index (χ0v) is 16.2. The molecule has 1 unspecified atom stereocenters. The lowest BCUT2D eigenvalue weighted by Gasteiger charge is -2.41. The fourth-order valence-corrected chi connectivity index (χ4v) is 3.26. The molecule has 0 spiro atoms. The van der Waals surface area contributed by atoms with Crippen LogP contribution in [0.25, 0.3) is 0 Å². The molecular formula is C19H37NO6. The Morgan fingerprint density at radius 2 is 1.58 bits per heavy atom. The maximum absolute atomic E-state index is 12.0. The van der Waals surface area contributed by atoms with Crippen molar-refractivity contribution < 1.29 is 29.6 Å². The number of likely N-dealkylation sites (N-methyl/N-ethyl adjacent to an activating group) is 1. The van der Waals surface area contributed by atoms with Crippen molar-refractivity contribution in [3.05, 3.63) is 0 Å². The predicted molar refractivity (Wildman–Crippen MR) is 98.5 cm³/mol. The molecule has 1 rings (SSSR count). The minimum absolute atomic E-state index is 0.300. The Hall–Kier alpha value is -0.730. The van der Waals surface area contributed by atoms with Crippen molar-refractivity contribution in [1.29, 1.82) is 0 Å². The van der Waals surface area contributed by atoms with Gasteiger partial charge in [-0.25, -0.2) is 0 Å². The van der Waals surface area contributed by atoms with Gasteiger partial charge in [0.15, 0.2) is 0 Å². The highest BCUT2D eigenvalue weighted by atomic mass is 16.7. The first-order chi connectivity index (χ1) is 12.5. The van der Waals surface area contributed by atoms with E-state index in [1.807, 2.05) is 0 Å². The van der Waals surface area contributed by atoms with Crippen LogP contribution in [-0.2, 0) is 14.3 Å². The third-order valence-corrected chi connectivity index (χ3v) is 4.95. The minimum atomic E-state index is -1.23. The fraction of sp³-hybridized carbons (Fsp3) is 0.947. The molecule has 5 atom stereocenters. The molecule has 7 nitrogen and oxygen atoms in total. The highest BCUT2D eigenvalue weighted by molar-refractivity contribution is 5.69. The van der Waals surface area contributed by atoms with E-state index in [-0.39, 0.29) is 0 Å². The maximum Gasteiger partial charge on any atom is 0.308 e. The van der Waals surface area contributed by atoms with E-state index in [0.29, 0.717) is 6.42 Å². The fourth-order valence-electron chi connectivity index (χ4n) is 3.26. The second kappa shape index (κ2) is 13.4. The van der Waals surface area contributed by atoms with Crippen molar-refractivity contribution in [2.24, 2.45) is 0 Å². The van der Waals surface area contributed by atoms with Crippen LogP contribution >= 0.6 is 0 Å². The largest absolute Gasteiger partial charge is 0.434 e. The molecule has 26 heavy (non-hydrogen) atoms. The molecule has 0 aliphatic carbocycles. The second-order valence-corrected chi connectivity index (χ2v) is 7.09. The van der Waals surface area contributed by atoms with Crippen molar-refractivity contribution in [2.75, 3.05) is 13.7 Å². The van der Waals surface area contributed by atoms with Gasteiger partial charge in [0.1, 0.15) is 18.3 Å². The quantitative estimate of drug-likeness (QED) is 0.285. The van der Waals surface area contributed by atoms with Crippen LogP contribution in [0.4, 0.5) is 0 Å². The van der Waals surface area contributed by atoms with Gasteiger partial charge in [-0.15, -0.1) is 0 Å². The Balaban J connectivity index is 2.22. The van der Waals surface area contributed by atoms with E-state index in [0.717, 1.165) is 19.3 Å². The maximum atomic E-state index is 12.0. The summed E-state index contributed by atoms with van der Waals surface area (Å²) in [6.45, 7) is 1.75. The molecule has 1 aliphatic rings. The average molecular weight is 376 g/mol. The number of unbranched alkanes of at least 4 members (excludes halogenated alkanes) is 8. The lowest BCUT2D eigenvalue weighted by atomic mass is 9.97. The zero-order valence-electron chi connectivity index (χ0n) is 16.2. The number of hydrogen-bond donors (Lipinski definition) is 4. The number of carbonyl (C=O) groups is 1. The summed E-state index contributed by atoms with van der Waals surface area (Å²) in [4.78, 5) is 12.0. The lowest BCUT2D eigenvalue weighted by Crippen LogP contribution is -2.63. The van der Waals surface area contributed by atoms with Crippen LogP contribution in [0.15, 0.2) is 0 Å². The van der Waals surface area contributed by atoms with Gasteiger partial charge in [-0.05, 0) is 13.5 Å². The molecule has 7 heteroatoms. The molecule has 1 aliphatic heterocycles.